The van der Waals surface area contributed by atoms with Crippen molar-refractivity contribution in [1.82, 2.24) is 5.06 Å². The van der Waals surface area contributed by atoms with Gasteiger partial charge in [0.15, 0.2) is 0 Å². The molecule has 0 aromatic heterocycles. The number of piperidine rings is 1. The molecule has 0 aliphatic carbocycles. The first kappa shape index (κ1) is 19.3. The average Bonchev–Trinajstić information content (AvgIpc) is 3.15. The Balaban J connectivity index is 1.26. The highest BCUT2D eigenvalue weighted by atomic mass is 16.7. The molecule has 0 unspecified atom stereocenters. The van der Waals surface area contributed by atoms with Gasteiger partial charge >= 0.3 is 6.09 Å². The predicted octanol–water partition coefficient (Wildman–Crippen LogP) is 4.13. The van der Waals surface area contributed by atoms with Gasteiger partial charge in [-0.3, -0.25) is 5.32 Å². The fourth-order valence-electron chi connectivity index (χ4n) is 3.61. The van der Waals surface area contributed by atoms with Crippen molar-refractivity contribution in [3.05, 3.63) is 59.7 Å². The van der Waals surface area contributed by atoms with Gasteiger partial charge in [-0.2, -0.15) is 0 Å². The molecule has 0 saturated carbocycles. The number of aryl methyl sites for hydroxylation is 1. The Hall–Kier alpha value is -3.06. The average molecular weight is 395 g/mol. The maximum absolute atomic E-state index is 12.2. The van der Waals surface area contributed by atoms with E-state index in [-0.39, 0.29) is 5.60 Å². The van der Waals surface area contributed by atoms with E-state index >= 15 is 0 Å². The van der Waals surface area contributed by atoms with Gasteiger partial charge in [-0.1, -0.05) is 35.0 Å². The predicted molar refractivity (Wildman–Crippen MR) is 110 cm³/mol. The molecule has 152 valence electrons. The van der Waals surface area contributed by atoms with Gasteiger partial charge in [0.2, 0.25) is 0 Å². The molecule has 1 spiro atoms. The van der Waals surface area contributed by atoms with Crippen molar-refractivity contribution in [2.24, 2.45) is 5.16 Å². The number of ether oxygens (including phenoxy) is 1. The van der Waals surface area contributed by atoms with Gasteiger partial charge in [0.05, 0.1) is 12.8 Å². The number of oxime groups is 1. The smallest absolute Gasteiger partial charge is 0.430 e. The van der Waals surface area contributed by atoms with E-state index in [9.17, 15) is 4.79 Å². The molecule has 1 fully saturated rings. The van der Waals surface area contributed by atoms with Gasteiger partial charge in [0.1, 0.15) is 11.4 Å². The molecule has 2 aliphatic heterocycles. The minimum absolute atomic E-state index is 0.299. The van der Waals surface area contributed by atoms with E-state index in [2.05, 4.69) is 41.7 Å². The normalized spacial score (nSPS) is 18.1. The first-order chi connectivity index (χ1) is 14.0. The van der Waals surface area contributed by atoms with Crippen molar-refractivity contribution in [3.63, 3.8) is 0 Å². The second kappa shape index (κ2) is 8.13. The number of nitrogens with zero attached hydrogens (tertiary/aromatic N) is 2. The fraction of sp³-hybridized carbons (Fsp3) is 0.364. The summed E-state index contributed by atoms with van der Waals surface area (Å²) < 4.78 is 5.11. The van der Waals surface area contributed by atoms with Crippen molar-refractivity contribution in [1.29, 1.82) is 0 Å². The van der Waals surface area contributed by atoms with E-state index in [1.807, 2.05) is 0 Å². The van der Waals surface area contributed by atoms with E-state index in [4.69, 9.17) is 14.4 Å². The third-order valence-electron chi connectivity index (χ3n) is 5.41. The van der Waals surface area contributed by atoms with Crippen LogP contribution >= 0.6 is 0 Å². The Morgan fingerprint density at radius 2 is 1.79 bits per heavy atom. The number of anilines is 1. The van der Waals surface area contributed by atoms with Crippen LogP contribution in [0.2, 0.25) is 0 Å². The molecule has 2 aromatic rings. The minimum Gasteiger partial charge on any atom is -0.497 e. The Labute approximate surface area is 170 Å². The zero-order valence-corrected chi connectivity index (χ0v) is 16.7. The summed E-state index contributed by atoms with van der Waals surface area (Å²) in [6.45, 7) is 3.28. The molecule has 1 saturated heterocycles. The third-order valence-corrected chi connectivity index (χ3v) is 5.41. The fourth-order valence-corrected chi connectivity index (χ4v) is 3.61. The number of carbonyl (C=O) groups is 1. The maximum Gasteiger partial charge on any atom is 0.430 e. The standard InChI is InChI=1S/C22H25N3O4/c1-16-3-5-17(6-4-16)20-15-22(29-24-20)11-13-25(14-12-22)28-21(26)23-18-7-9-19(27-2)10-8-18/h3-10H,11-15H2,1-2H3,(H,23,26). The van der Waals surface area contributed by atoms with Crippen LogP contribution < -0.4 is 10.1 Å². The van der Waals surface area contributed by atoms with Crippen molar-refractivity contribution >= 4 is 17.5 Å². The Morgan fingerprint density at radius 3 is 2.45 bits per heavy atom. The molecule has 2 heterocycles. The molecular weight excluding hydrogens is 370 g/mol. The van der Waals surface area contributed by atoms with E-state index in [0.717, 1.165) is 36.3 Å². The molecule has 29 heavy (non-hydrogen) atoms. The van der Waals surface area contributed by atoms with E-state index in [1.54, 1.807) is 36.4 Å². The summed E-state index contributed by atoms with van der Waals surface area (Å²) in [5.74, 6) is 0.731. The van der Waals surface area contributed by atoms with E-state index in [0.29, 0.717) is 18.8 Å². The molecule has 1 amide bonds. The maximum atomic E-state index is 12.2. The first-order valence-electron chi connectivity index (χ1n) is 9.75. The SMILES string of the molecule is COc1ccc(NC(=O)ON2CCC3(CC2)CC(c2ccc(C)cc2)=NO3)cc1. The number of benzene rings is 2. The summed E-state index contributed by atoms with van der Waals surface area (Å²) >= 11 is 0. The van der Waals surface area contributed by atoms with Crippen LogP contribution in [0.5, 0.6) is 5.75 Å². The highest BCUT2D eigenvalue weighted by Gasteiger charge is 2.43. The number of amides is 1. The molecule has 7 nitrogen and oxygen atoms in total. The second-order valence-corrected chi connectivity index (χ2v) is 7.52. The Morgan fingerprint density at radius 1 is 1.10 bits per heavy atom. The number of hydrogen-bond donors (Lipinski definition) is 1. The highest BCUT2D eigenvalue weighted by molar-refractivity contribution is 6.01. The van der Waals surface area contributed by atoms with Gasteiger partial charge in [0, 0.05) is 38.0 Å². The molecule has 7 heteroatoms. The number of nitrogens with one attached hydrogen (secondary N) is 1. The molecular formula is C22H25N3O4. The molecule has 0 radical (unpaired) electrons. The molecule has 0 atom stereocenters. The summed E-state index contributed by atoms with van der Waals surface area (Å²) in [6.07, 6.45) is 1.78. The zero-order chi connectivity index (χ0) is 20.3. The van der Waals surface area contributed by atoms with E-state index < -0.39 is 6.09 Å². The zero-order valence-electron chi connectivity index (χ0n) is 16.7. The lowest BCUT2D eigenvalue weighted by Crippen LogP contribution is -2.45. The molecule has 2 aromatic carbocycles. The Bertz CT molecular complexity index is 885. The largest absolute Gasteiger partial charge is 0.497 e. The van der Waals surface area contributed by atoms with Crippen LogP contribution in [0.25, 0.3) is 0 Å². The van der Waals surface area contributed by atoms with Crippen molar-refractivity contribution in [2.75, 3.05) is 25.5 Å². The van der Waals surface area contributed by atoms with Crippen molar-refractivity contribution in [2.45, 2.75) is 31.8 Å². The van der Waals surface area contributed by atoms with Gasteiger partial charge in [-0.05, 0) is 36.8 Å². The van der Waals surface area contributed by atoms with E-state index in [1.165, 1.54) is 5.56 Å². The van der Waals surface area contributed by atoms with Crippen LogP contribution in [0.1, 0.15) is 30.4 Å². The summed E-state index contributed by atoms with van der Waals surface area (Å²) in [7, 11) is 1.60. The monoisotopic (exact) mass is 395 g/mol. The lowest BCUT2D eigenvalue weighted by Gasteiger charge is -2.35. The summed E-state index contributed by atoms with van der Waals surface area (Å²) in [5.41, 5.74) is 3.66. The van der Waals surface area contributed by atoms with Crippen LogP contribution in [0, 0.1) is 6.92 Å². The number of rotatable bonds is 4. The number of carbonyl (C=O) groups excluding carboxylic acids is 1. The topological polar surface area (TPSA) is 72.4 Å². The van der Waals surface area contributed by atoms with Crippen LogP contribution in [0.3, 0.4) is 0 Å². The number of hydroxylamine groups is 2. The Kier molecular flexibility index (Phi) is 5.40. The van der Waals surface area contributed by atoms with Gasteiger partial charge in [0.25, 0.3) is 0 Å². The minimum atomic E-state index is -0.505. The van der Waals surface area contributed by atoms with Crippen LogP contribution in [0.4, 0.5) is 10.5 Å². The molecule has 4 rings (SSSR count). The number of methoxy groups -OCH3 is 1. The lowest BCUT2D eigenvalue weighted by molar-refractivity contribution is -0.154. The summed E-state index contributed by atoms with van der Waals surface area (Å²) in [4.78, 5) is 23.4. The quantitative estimate of drug-likeness (QED) is 0.843. The van der Waals surface area contributed by atoms with Gasteiger partial charge in [-0.15, -0.1) is 5.06 Å². The third kappa shape index (κ3) is 4.51. The van der Waals surface area contributed by atoms with Crippen LogP contribution in [0.15, 0.2) is 53.7 Å². The molecule has 1 N–H and O–H groups in total. The second-order valence-electron chi connectivity index (χ2n) is 7.52. The first-order valence-corrected chi connectivity index (χ1v) is 9.75. The van der Waals surface area contributed by atoms with Gasteiger partial charge < -0.3 is 14.4 Å². The van der Waals surface area contributed by atoms with Crippen molar-refractivity contribution < 1.29 is 19.2 Å². The molecule has 0 bridgehead atoms. The summed E-state index contributed by atoms with van der Waals surface area (Å²) in [6, 6.07) is 15.4. The molecule has 2 aliphatic rings. The van der Waals surface area contributed by atoms with Crippen LogP contribution in [-0.2, 0) is 9.68 Å². The number of hydrogen-bond acceptors (Lipinski definition) is 6. The van der Waals surface area contributed by atoms with Crippen molar-refractivity contribution in [3.8, 4) is 5.75 Å². The lowest BCUT2D eigenvalue weighted by atomic mass is 9.86. The van der Waals surface area contributed by atoms with Gasteiger partial charge in [-0.25, -0.2) is 4.79 Å². The van der Waals surface area contributed by atoms with Crippen LogP contribution in [-0.4, -0.2) is 42.7 Å². The highest BCUT2D eigenvalue weighted by Crippen LogP contribution is 2.36. The summed E-state index contributed by atoms with van der Waals surface area (Å²) in [5, 5.41) is 8.74.